The molecule has 3 rings (SSSR count). The molecule has 0 aromatic carbocycles. The third kappa shape index (κ3) is 1.18. The fourth-order valence-electron chi connectivity index (χ4n) is 3.32. The van der Waals surface area contributed by atoms with Crippen LogP contribution < -0.4 is 0 Å². The van der Waals surface area contributed by atoms with Gasteiger partial charge in [-0.15, -0.1) is 0 Å². The van der Waals surface area contributed by atoms with Crippen molar-refractivity contribution < 1.29 is 9.47 Å². The number of nitrogens with zero attached hydrogens (tertiary/aromatic N) is 1. The SMILES string of the molecule is N#CC1(C2(C3CCOCC3)COC2)CC1. The Morgan fingerprint density at radius 1 is 1.07 bits per heavy atom. The van der Waals surface area contributed by atoms with Crippen LogP contribution >= 0.6 is 0 Å². The van der Waals surface area contributed by atoms with Crippen LogP contribution in [0.1, 0.15) is 25.7 Å². The van der Waals surface area contributed by atoms with Gasteiger partial charge >= 0.3 is 0 Å². The van der Waals surface area contributed by atoms with E-state index >= 15 is 0 Å². The van der Waals surface area contributed by atoms with Crippen molar-refractivity contribution in [2.24, 2.45) is 16.7 Å². The molecule has 3 nitrogen and oxygen atoms in total. The third-order valence-electron chi connectivity index (χ3n) is 4.64. The molecule has 3 fully saturated rings. The monoisotopic (exact) mass is 207 g/mol. The zero-order valence-electron chi connectivity index (χ0n) is 9.00. The standard InChI is InChI=1S/C12H17NO2/c13-7-11(3-4-11)12(8-15-9-12)10-1-5-14-6-2-10/h10H,1-6,8-9H2. The molecule has 0 amide bonds. The maximum Gasteiger partial charge on any atom is 0.0697 e. The second-order valence-electron chi connectivity index (χ2n) is 5.23. The molecule has 0 bridgehead atoms. The summed E-state index contributed by atoms with van der Waals surface area (Å²) in [7, 11) is 0. The van der Waals surface area contributed by atoms with E-state index in [1.54, 1.807) is 0 Å². The number of hydrogen-bond donors (Lipinski definition) is 0. The van der Waals surface area contributed by atoms with E-state index < -0.39 is 0 Å². The minimum absolute atomic E-state index is 0.0345. The van der Waals surface area contributed by atoms with Crippen LogP contribution in [0.4, 0.5) is 0 Å². The van der Waals surface area contributed by atoms with Crippen molar-refractivity contribution >= 4 is 0 Å². The molecular weight excluding hydrogens is 190 g/mol. The van der Waals surface area contributed by atoms with Crippen LogP contribution in [0.15, 0.2) is 0 Å². The first kappa shape index (κ1) is 9.62. The summed E-state index contributed by atoms with van der Waals surface area (Å²) >= 11 is 0. The zero-order valence-corrected chi connectivity index (χ0v) is 9.00. The van der Waals surface area contributed by atoms with Crippen LogP contribution in [-0.4, -0.2) is 26.4 Å². The van der Waals surface area contributed by atoms with E-state index in [1.165, 1.54) is 0 Å². The average molecular weight is 207 g/mol. The van der Waals surface area contributed by atoms with Gasteiger partial charge in [-0.1, -0.05) is 0 Å². The topological polar surface area (TPSA) is 42.2 Å². The largest absolute Gasteiger partial charge is 0.381 e. The molecule has 1 aliphatic carbocycles. The lowest BCUT2D eigenvalue weighted by Gasteiger charge is -2.51. The van der Waals surface area contributed by atoms with Crippen molar-refractivity contribution in [2.75, 3.05) is 26.4 Å². The summed E-state index contributed by atoms with van der Waals surface area (Å²) in [5, 5.41) is 9.35. The summed E-state index contributed by atoms with van der Waals surface area (Å²) in [6, 6.07) is 2.57. The summed E-state index contributed by atoms with van der Waals surface area (Å²) < 4.78 is 10.8. The Labute approximate surface area is 90.4 Å². The molecule has 0 radical (unpaired) electrons. The summed E-state index contributed by atoms with van der Waals surface area (Å²) in [6.45, 7) is 3.36. The molecule has 1 saturated carbocycles. The molecule has 15 heavy (non-hydrogen) atoms. The van der Waals surface area contributed by atoms with Gasteiger partial charge < -0.3 is 9.47 Å². The van der Waals surface area contributed by atoms with Crippen LogP contribution in [0.3, 0.4) is 0 Å². The first-order valence-electron chi connectivity index (χ1n) is 5.90. The van der Waals surface area contributed by atoms with E-state index in [2.05, 4.69) is 6.07 Å². The second-order valence-corrected chi connectivity index (χ2v) is 5.23. The zero-order chi connectivity index (χ0) is 10.4. The molecule has 2 aliphatic heterocycles. The molecule has 3 aliphatic rings. The lowest BCUT2D eigenvalue weighted by Crippen LogP contribution is -2.55. The van der Waals surface area contributed by atoms with Gasteiger partial charge in [0, 0.05) is 18.6 Å². The number of nitriles is 1. The maximum absolute atomic E-state index is 9.35. The van der Waals surface area contributed by atoms with Gasteiger partial charge in [-0.2, -0.15) is 5.26 Å². The number of ether oxygens (including phenoxy) is 2. The Kier molecular flexibility index (Phi) is 2.05. The highest BCUT2D eigenvalue weighted by molar-refractivity contribution is 5.22. The second kappa shape index (κ2) is 3.20. The molecule has 0 aromatic rings. The van der Waals surface area contributed by atoms with Crippen molar-refractivity contribution in [1.82, 2.24) is 0 Å². The average Bonchev–Trinajstić information content (AvgIpc) is 2.99. The molecule has 0 unspecified atom stereocenters. The first-order valence-corrected chi connectivity index (χ1v) is 5.90. The van der Waals surface area contributed by atoms with Gasteiger partial charge in [-0.05, 0) is 31.6 Å². The molecule has 0 N–H and O–H groups in total. The van der Waals surface area contributed by atoms with Gasteiger partial charge in [-0.3, -0.25) is 0 Å². The molecule has 0 spiro atoms. The fourth-order valence-corrected chi connectivity index (χ4v) is 3.32. The smallest absolute Gasteiger partial charge is 0.0697 e. The molecular formula is C12H17NO2. The Morgan fingerprint density at radius 2 is 1.73 bits per heavy atom. The van der Waals surface area contributed by atoms with Crippen LogP contribution in [0, 0.1) is 28.1 Å². The van der Waals surface area contributed by atoms with E-state index in [9.17, 15) is 5.26 Å². The molecule has 2 saturated heterocycles. The number of hydrogen-bond acceptors (Lipinski definition) is 3. The van der Waals surface area contributed by atoms with Crippen LogP contribution in [0.25, 0.3) is 0 Å². The van der Waals surface area contributed by atoms with E-state index in [4.69, 9.17) is 9.47 Å². The van der Waals surface area contributed by atoms with Gasteiger partial charge in [0.25, 0.3) is 0 Å². The van der Waals surface area contributed by atoms with Crippen LogP contribution in [-0.2, 0) is 9.47 Å². The van der Waals surface area contributed by atoms with Crippen molar-refractivity contribution in [2.45, 2.75) is 25.7 Å². The molecule has 3 heteroatoms. The summed E-state index contributed by atoms with van der Waals surface area (Å²) in [5.74, 6) is 0.655. The van der Waals surface area contributed by atoms with Crippen molar-refractivity contribution in [3.63, 3.8) is 0 Å². The van der Waals surface area contributed by atoms with Gasteiger partial charge in [0.1, 0.15) is 0 Å². The maximum atomic E-state index is 9.35. The van der Waals surface area contributed by atoms with Crippen molar-refractivity contribution in [3.05, 3.63) is 0 Å². The fraction of sp³-hybridized carbons (Fsp3) is 0.917. The Hall–Kier alpha value is -0.590. The van der Waals surface area contributed by atoms with Gasteiger partial charge in [0.05, 0.1) is 24.7 Å². The lowest BCUT2D eigenvalue weighted by atomic mass is 9.61. The normalized spacial score (nSPS) is 32.7. The lowest BCUT2D eigenvalue weighted by molar-refractivity contribution is -0.189. The van der Waals surface area contributed by atoms with Gasteiger partial charge in [0.15, 0.2) is 0 Å². The highest BCUT2D eigenvalue weighted by atomic mass is 16.5. The predicted molar refractivity (Wildman–Crippen MR) is 54.1 cm³/mol. The molecule has 0 aromatic heterocycles. The highest BCUT2D eigenvalue weighted by Crippen LogP contribution is 2.65. The third-order valence-corrected chi connectivity index (χ3v) is 4.64. The van der Waals surface area contributed by atoms with Crippen molar-refractivity contribution in [3.8, 4) is 6.07 Å². The molecule has 82 valence electrons. The predicted octanol–water partition coefficient (Wildman–Crippen LogP) is 1.73. The molecule has 2 heterocycles. The Balaban J connectivity index is 1.83. The van der Waals surface area contributed by atoms with Gasteiger partial charge in [0.2, 0.25) is 0 Å². The Bertz CT molecular complexity index is 293. The minimum Gasteiger partial charge on any atom is -0.381 e. The van der Waals surface area contributed by atoms with E-state index in [-0.39, 0.29) is 10.8 Å². The van der Waals surface area contributed by atoms with Crippen LogP contribution in [0.5, 0.6) is 0 Å². The first-order chi connectivity index (χ1) is 7.33. The quantitative estimate of drug-likeness (QED) is 0.692. The summed E-state index contributed by atoms with van der Waals surface area (Å²) in [4.78, 5) is 0. The number of rotatable bonds is 2. The van der Waals surface area contributed by atoms with Gasteiger partial charge in [-0.25, -0.2) is 0 Å². The van der Waals surface area contributed by atoms with Crippen molar-refractivity contribution in [1.29, 1.82) is 5.26 Å². The Morgan fingerprint density at radius 3 is 2.13 bits per heavy atom. The van der Waals surface area contributed by atoms with E-state index in [1.807, 2.05) is 0 Å². The minimum atomic E-state index is -0.0345. The molecule has 0 atom stereocenters. The summed E-state index contributed by atoms with van der Waals surface area (Å²) in [6.07, 6.45) is 4.41. The van der Waals surface area contributed by atoms with E-state index in [0.29, 0.717) is 5.92 Å². The van der Waals surface area contributed by atoms with E-state index in [0.717, 1.165) is 52.1 Å². The highest BCUT2D eigenvalue weighted by Gasteiger charge is 2.66. The van der Waals surface area contributed by atoms with Crippen LogP contribution in [0.2, 0.25) is 0 Å². The summed E-state index contributed by atoms with van der Waals surface area (Å²) in [5.41, 5.74) is 0.152.